The van der Waals surface area contributed by atoms with Crippen molar-refractivity contribution >= 4 is 57.8 Å². The summed E-state index contributed by atoms with van der Waals surface area (Å²) >= 11 is 5.41. The molecule has 0 unspecified atom stereocenters. The minimum absolute atomic E-state index is 0. The first-order valence-corrected chi connectivity index (χ1v) is 19.8. The van der Waals surface area contributed by atoms with Crippen molar-refractivity contribution in [1.29, 1.82) is 0 Å². The monoisotopic (exact) mass is 984 g/mol. The average Bonchev–Trinajstić information content (AvgIpc) is 3.73. The van der Waals surface area contributed by atoms with Gasteiger partial charge in [0, 0.05) is 24.7 Å². The van der Waals surface area contributed by atoms with Gasteiger partial charge in [0.2, 0.25) is 0 Å². The predicted molar refractivity (Wildman–Crippen MR) is 206 cm³/mol. The topological polar surface area (TPSA) is 221 Å². The number of rotatable bonds is 14. The van der Waals surface area contributed by atoms with Crippen LogP contribution in [0, 0.1) is 11.8 Å². The molecule has 2 fully saturated rings. The Labute approximate surface area is 407 Å². The minimum atomic E-state index is -4.01. The molecule has 0 saturated carbocycles. The summed E-state index contributed by atoms with van der Waals surface area (Å²) in [5, 5.41) is 8.14. The van der Waals surface area contributed by atoms with Gasteiger partial charge < -0.3 is 33.6 Å². The number of alkyl halides is 1. The smallest absolute Gasteiger partial charge is 0.550 e. The molecule has 2 amide bonds. The van der Waals surface area contributed by atoms with Gasteiger partial charge in [0.25, 0.3) is 10.1 Å². The van der Waals surface area contributed by atoms with Crippen LogP contribution in [0.15, 0.2) is 86.0 Å². The van der Waals surface area contributed by atoms with Gasteiger partial charge in [0.1, 0.15) is 42.7 Å². The summed E-state index contributed by atoms with van der Waals surface area (Å²) in [6.45, 7) is 9.53. The Morgan fingerprint density at radius 3 is 1.46 bits per heavy atom. The molecule has 2 aromatic rings. The van der Waals surface area contributed by atoms with Crippen LogP contribution in [-0.2, 0) is 70.4 Å². The van der Waals surface area contributed by atoms with Crippen molar-refractivity contribution in [3.63, 3.8) is 0 Å². The second-order valence-electron chi connectivity index (χ2n) is 12.6. The van der Waals surface area contributed by atoms with E-state index in [1.165, 1.54) is 32.1 Å². The molecular formula is C39H48ClCsN2O15S. The van der Waals surface area contributed by atoms with E-state index >= 15 is 0 Å². The quantitative estimate of drug-likeness (QED) is 0.0820. The Hall–Kier alpha value is -3.41. The number of esters is 3. The number of aliphatic carboxylic acids is 1. The Kier molecular flexibility index (Phi) is 24.9. The Morgan fingerprint density at radius 2 is 1.12 bits per heavy atom. The summed E-state index contributed by atoms with van der Waals surface area (Å²) in [7, 11) is -1.58. The standard InChI is InChI=1S/C19H23NO6.C18H22ClNO7S.C2H4O2.Cs/c1-4-8-15-16(26-13(2)21)11-20(17(15)18(22)24-3)19(23)25-12-14-9-6-5-7-10-14;1-3-7-14-15(27-28(23,24)12-19)10-20(16(14)17(21)25-2)18(22)26-11-13-8-5-4-6-9-13;1-2(3)4;/h4-7,9-10,15-17H,1,8,11-12H2,2-3H3;3-6,8-9,14-16H,1,7,10-12H2,2H3;1H3,(H,3,4);/q;;;+1/p-1/t15-,16-,17-;14-,15+,16-;;/m00../s1. The molecular weight excluding hydrogens is 937 g/mol. The van der Waals surface area contributed by atoms with Gasteiger partial charge in [0.05, 0.1) is 27.3 Å². The number of allylic oxidation sites excluding steroid dienone is 2. The number of carbonyl (C=O) groups is 6. The number of nitrogens with zero attached hydrogens (tertiary/aromatic N) is 2. The zero-order chi connectivity index (χ0) is 43.4. The van der Waals surface area contributed by atoms with Crippen LogP contribution in [-0.4, -0.2) is 111 Å². The van der Waals surface area contributed by atoms with E-state index in [0.29, 0.717) is 6.42 Å². The van der Waals surface area contributed by atoms with Crippen LogP contribution in [0.3, 0.4) is 0 Å². The van der Waals surface area contributed by atoms with Crippen molar-refractivity contribution in [3.8, 4) is 0 Å². The van der Waals surface area contributed by atoms with E-state index in [1.54, 1.807) is 30.3 Å². The van der Waals surface area contributed by atoms with Crippen molar-refractivity contribution in [1.82, 2.24) is 9.80 Å². The van der Waals surface area contributed by atoms with E-state index < -0.39 is 87.5 Å². The maximum atomic E-state index is 12.6. The van der Waals surface area contributed by atoms with Gasteiger partial charge in [-0.25, -0.2) is 19.2 Å². The van der Waals surface area contributed by atoms with E-state index in [4.69, 9.17) is 49.4 Å². The summed E-state index contributed by atoms with van der Waals surface area (Å²) in [4.78, 5) is 72.4. The molecule has 2 saturated heterocycles. The predicted octanol–water partition coefficient (Wildman–Crippen LogP) is 0.349. The average molecular weight is 985 g/mol. The number of hydrogen-bond donors (Lipinski definition) is 0. The van der Waals surface area contributed by atoms with Crippen molar-refractivity contribution in [2.75, 3.05) is 32.5 Å². The summed E-state index contributed by atoms with van der Waals surface area (Å²) < 4.78 is 54.3. The molecule has 59 heavy (non-hydrogen) atoms. The zero-order valence-electron chi connectivity index (χ0n) is 33.6. The fourth-order valence-corrected chi connectivity index (χ4v) is 6.97. The number of methoxy groups -OCH3 is 2. The molecule has 2 aliphatic heterocycles. The molecule has 6 atom stereocenters. The van der Waals surface area contributed by atoms with Crippen molar-refractivity contribution in [3.05, 3.63) is 97.1 Å². The molecule has 2 heterocycles. The molecule has 0 spiro atoms. The van der Waals surface area contributed by atoms with E-state index in [9.17, 15) is 32.4 Å². The van der Waals surface area contributed by atoms with Gasteiger partial charge in [-0.15, -0.1) is 24.8 Å². The van der Waals surface area contributed by atoms with Crippen LogP contribution in [0.5, 0.6) is 0 Å². The fourth-order valence-electron chi connectivity index (χ4n) is 6.18. The van der Waals surface area contributed by atoms with Gasteiger partial charge in [-0.2, -0.15) is 8.42 Å². The molecule has 17 nitrogen and oxygen atoms in total. The van der Waals surface area contributed by atoms with E-state index in [2.05, 4.69) is 13.2 Å². The van der Waals surface area contributed by atoms with Gasteiger partial charge in [-0.3, -0.25) is 18.8 Å². The fraction of sp³-hybridized carbons (Fsp3) is 0.436. The third-order valence-corrected chi connectivity index (χ3v) is 10.2. The number of carboxylic acid groups (broad SMARTS) is 1. The Bertz CT molecular complexity index is 1820. The number of hydrogen-bond acceptors (Lipinski definition) is 15. The summed E-state index contributed by atoms with van der Waals surface area (Å²) in [5.74, 6) is -3.95. The SMILES string of the molecule is C=CC[C@@H]1[C@@H](C(=O)OC)N(C(=O)OCc2ccccc2)C[C@H]1OS(=O)(=O)CCl.C=CC[C@H]1[C@@H](OC(C)=O)CN(C(=O)OCc2ccccc2)[C@@H]1C(=O)OC.CC(=O)[O-].[Cs+]. The second-order valence-corrected chi connectivity index (χ2v) is 14.8. The molecule has 0 aromatic heterocycles. The maximum absolute atomic E-state index is 12.6. The van der Waals surface area contributed by atoms with Crippen LogP contribution < -0.4 is 74.0 Å². The number of halogens is 1. The Morgan fingerprint density at radius 1 is 0.746 bits per heavy atom. The molecule has 0 radical (unpaired) electrons. The molecule has 0 aliphatic carbocycles. The molecule has 0 bridgehead atoms. The molecule has 2 aromatic carbocycles. The van der Waals surface area contributed by atoms with Crippen LogP contribution in [0.2, 0.25) is 0 Å². The van der Waals surface area contributed by atoms with Crippen LogP contribution in [0.1, 0.15) is 37.8 Å². The maximum Gasteiger partial charge on any atom is 1.00 e. The largest absolute Gasteiger partial charge is 1.00 e. The Balaban J connectivity index is 0.000000533. The van der Waals surface area contributed by atoms with Gasteiger partial charge in [0.15, 0.2) is 0 Å². The zero-order valence-corrected chi connectivity index (χ0v) is 41.4. The van der Waals surface area contributed by atoms with E-state index in [-0.39, 0.29) is 102 Å². The minimum Gasteiger partial charge on any atom is -0.550 e. The molecule has 318 valence electrons. The number of carbonyl (C=O) groups excluding carboxylic acids is 6. The van der Waals surface area contributed by atoms with E-state index in [0.717, 1.165) is 23.0 Å². The van der Waals surface area contributed by atoms with Crippen LogP contribution in [0.25, 0.3) is 0 Å². The van der Waals surface area contributed by atoms with Gasteiger partial charge in [-0.05, 0) is 30.9 Å². The molecule has 2 aliphatic rings. The number of benzene rings is 2. The summed E-state index contributed by atoms with van der Waals surface area (Å²) in [5.41, 5.74) is 1.60. The van der Waals surface area contributed by atoms with Crippen LogP contribution in [0.4, 0.5) is 9.59 Å². The molecule has 20 heteroatoms. The first-order chi connectivity index (χ1) is 27.5. The number of likely N-dealkylation sites (tertiary alicyclic amines) is 2. The molecule has 4 rings (SSSR count). The van der Waals surface area contributed by atoms with Crippen molar-refractivity contribution in [2.24, 2.45) is 11.8 Å². The normalized spacial score (nSPS) is 20.4. The number of ether oxygens (including phenoxy) is 5. The first-order valence-electron chi connectivity index (χ1n) is 17.7. The molecule has 0 N–H and O–H groups in total. The third-order valence-electron chi connectivity index (χ3n) is 8.55. The van der Waals surface area contributed by atoms with E-state index in [1.807, 2.05) is 36.4 Å². The van der Waals surface area contributed by atoms with Crippen molar-refractivity contribution in [2.45, 2.75) is 64.2 Å². The van der Waals surface area contributed by atoms with Crippen molar-refractivity contribution < 1.29 is 139 Å². The first kappa shape index (κ1) is 53.6. The van der Waals surface area contributed by atoms with Gasteiger partial charge >= 0.3 is 99.0 Å². The summed E-state index contributed by atoms with van der Waals surface area (Å²) in [6.07, 6.45) is 0.716. The third kappa shape index (κ3) is 17.6. The van der Waals surface area contributed by atoms with Gasteiger partial charge in [-0.1, -0.05) is 72.8 Å². The van der Waals surface area contributed by atoms with Crippen LogP contribution >= 0.6 is 11.6 Å². The second kappa shape index (κ2) is 27.4. The summed E-state index contributed by atoms with van der Waals surface area (Å²) in [6, 6.07) is 16.3. The number of carboxylic acids is 1. The number of amides is 2.